The summed E-state index contributed by atoms with van der Waals surface area (Å²) in [6.45, 7) is -0.272. The van der Waals surface area contributed by atoms with E-state index in [2.05, 4.69) is 0 Å². The number of ether oxygens (including phenoxy) is 1. The molecule has 2 rings (SSSR count). The maximum absolute atomic E-state index is 12.9. The number of hydrogen-bond donors (Lipinski definition) is 1. The quantitative estimate of drug-likeness (QED) is 0.785. The van der Waals surface area contributed by atoms with E-state index in [1.165, 1.54) is 30.3 Å². The van der Waals surface area contributed by atoms with Crippen LogP contribution in [0.5, 0.6) is 5.75 Å². The van der Waals surface area contributed by atoms with E-state index in [1.54, 1.807) is 0 Å². The highest BCUT2D eigenvalue weighted by atomic mass is 35.5. The number of benzene rings is 2. The molecule has 0 aliphatic heterocycles. The third-order valence-corrected chi connectivity index (χ3v) is 3.11. The summed E-state index contributed by atoms with van der Waals surface area (Å²) >= 11 is 11.6. The second kappa shape index (κ2) is 6.03. The molecule has 112 valence electrons. The average Bonchev–Trinajstić information content (AvgIpc) is 2.35. The Balaban J connectivity index is 2.24. The fraction of sp³-hybridized carbons (Fsp3) is 0.143. The summed E-state index contributed by atoms with van der Waals surface area (Å²) in [7, 11) is 0. The van der Waals surface area contributed by atoms with Crippen molar-refractivity contribution in [2.45, 2.75) is 12.8 Å². The summed E-state index contributed by atoms with van der Waals surface area (Å²) < 4.78 is 44.1. The Morgan fingerprint density at radius 1 is 1.00 bits per heavy atom. The van der Waals surface area contributed by atoms with Crippen molar-refractivity contribution in [3.05, 3.63) is 57.6 Å². The Kier molecular flexibility index (Phi) is 4.54. The van der Waals surface area contributed by atoms with Crippen LogP contribution in [0, 0.1) is 0 Å². The number of nitrogen functional groups attached to an aromatic ring is 1. The fourth-order valence-electron chi connectivity index (χ4n) is 1.76. The van der Waals surface area contributed by atoms with Crippen LogP contribution in [0.3, 0.4) is 0 Å². The molecule has 0 fully saturated rings. The van der Waals surface area contributed by atoms with Crippen molar-refractivity contribution in [2.75, 3.05) is 5.73 Å². The zero-order chi connectivity index (χ0) is 15.6. The first-order chi connectivity index (χ1) is 9.75. The van der Waals surface area contributed by atoms with E-state index in [-0.39, 0.29) is 23.6 Å². The number of hydrogen-bond acceptors (Lipinski definition) is 2. The maximum Gasteiger partial charge on any atom is 0.416 e. The molecule has 0 radical (unpaired) electrons. The summed E-state index contributed by atoms with van der Waals surface area (Å²) in [5, 5.41) is 0.678. The lowest BCUT2D eigenvalue weighted by Gasteiger charge is -2.14. The van der Waals surface area contributed by atoms with Gasteiger partial charge < -0.3 is 10.5 Å². The number of nitrogens with two attached hydrogens (primary N) is 1. The second-order valence-electron chi connectivity index (χ2n) is 4.31. The van der Waals surface area contributed by atoms with Crippen LogP contribution in [0.15, 0.2) is 36.4 Å². The highest BCUT2D eigenvalue weighted by molar-refractivity contribution is 6.34. The third kappa shape index (κ3) is 4.19. The van der Waals surface area contributed by atoms with Crippen molar-refractivity contribution in [1.82, 2.24) is 0 Å². The predicted molar refractivity (Wildman–Crippen MR) is 76.7 cm³/mol. The van der Waals surface area contributed by atoms with Crippen LogP contribution in [-0.4, -0.2) is 0 Å². The highest BCUT2D eigenvalue weighted by Gasteiger charge is 2.33. The van der Waals surface area contributed by atoms with E-state index in [1.807, 2.05) is 0 Å². The van der Waals surface area contributed by atoms with Gasteiger partial charge in [-0.2, -0.15) is 13.2 Å². The largest absolute Gasteiger partial charge is 0.489 e. The molecular formula is C14H10Cl2F3NO. The molecule has 2 aromatic rings. The summed E-state index contributed by atoms with van der Waals surface area (Å²) in [5.41, 5.74) is 4.59. The smallest absolute Gasteiger partial charge is 0.416 e. The van der Waals surface area contributed by atoms with Crippen molar-refractivity contribution in [2.24, 2.45) is 0 Å². The van der Waals surface area contributed by atoms with Gasteiger partial charge in [0.25, 0.3) is 0 Å². The van der Waals surface area contributed by atoms with E-state index >= 15 is 0 Å². The Morgan fingerprint density at radius 2 is 1.62 bits per heavy atom. The Bertz CT molecular complexity index is 639. The van der Waals surface area contributed by atoms with Gasteiger partial charge in [-0.3, -0.25) is 0 Å². The molecule has 0 atom stereocenters. The third-order valence-electron chi connectivity index (χ3n) is 2.67. The van der Waals surface area contributed by atoms with E-state index < -0.39 is 11.7 Å². The van der Waals surface area contributed by atoms with Crippen molar-refractivity contribution in [3.63, 3.8) is 0 Å². The number of anilines is 1. The summed E-state index contributed by atoms with van der Waals surface area (Å²) in [6.07, 6.45) is -4.50. The second-order valence-corrected chi connectivity index (χ2v) is 5.18. The standard InChI is InChI=1S/C14H10Cl2F3NO/c15-9-3-10(16)5-12(4-9)21-7-8-1-2-11(20)6-13(8)14(17,18)19/h1-6H,7,20H2. The van der Waals surface area contributed by atoms with Gasteiger partial charge in [-0.05, 0) is 30.3 Å². The molecule has 21 heavy (non-hydrogen) atoms. The van der Waals surface area contributed by atoms with Gasteiger partial charge in [0.1, 0.15) is 12.4 Å². The van der Waals surface area contributed by atoms with Crippen LogP contribution in [0.25, 0.3) is 0 Å². The van der Waals surface area contributed by atoms with Gasteiger partial charge in [-0.1, -0.05) is 29.3 Å². The van der Waals surface area contributed by atoms with Gasteiger partial charge in [-0.15, -0.1) is 0 Å². The summed E-state index contributed by atoms with van der Waals surface area (Å²) in [5.74, 6) is 0.289. The SMILES string of the molecule is Nc1ccc(COc2cc(Cl)cc(Cl)c2)c(C(F)(F)F)c1. The Labute approximate surface area is 129 Å². The number of halogens is 5. The van der Waals surface area contributed by atoms with E-state index in [4.69, 9.17) is 33.7 Å². The van der Waals surface area contributed by atoms with Crippen molar-refractivity contribution >= 4 is 28.9 Å². The topological polar surface area (TPSA) is 35.2 Å². The van der Waals surface area contributed by atoms with Gasteiger partial charge in [0.15, 0.2) is 0 Å². The minimum absolute atomic E-state index is 0.0206. The van der Waals surface area contributed by atoms with Crippen LogP contribution >= 0.6 is 23.2 Å². The van der Waals surface area contributed by atoms with Gasteiger partial charge in [0.05, 0.1) is 5.56 Å². The highest BCUT2D eigenvalue weighted by Crippen LogP contribution is 2.34. The molecule has 0 bridgehead atoms. The van der Waals surface area contributed by atoms with Gasteiger partial charge in [0.2, 0.25) is 0 Å². The molecule has 0 amide bonds. The maximum atomic E-state index is 12.9. The van der Waals surface area contributed by atoms with Crippen LogP contribution in [0.1, 0.15) is 11.1 Å². The minimum Gasteiger partial charge on any atom is -0.489 e. The first-order valence-electron chi connectivity index (χ1n) is 5.80. The average molecular weight is 336 g/mol. The van der Waals surface area contributed by atoms with Crippen LogP contribution in [-0.2, 0) is 12.8 Å². The molecule has 2 aromatic carbocycles. The van der Waals surface area contributed by atoms with Crippen LogP contribution in [0.2, 0.25) is 10.0 Å². The van der Waals surface area contributed by atoms with Gasteiger partial charge in [-0.25, -0.2) is 0 Å². The molecule has 0 aromatic heterocycles. The molecule has 0 aliphatic rings. The van der Waals surface area contributed by atoms with Crippen LogP contribution in [0.4, 0.5) is 18.9 Å². The molecule has 2 nitrogen and oxygen atoms in total. The first-order valence-corrected chi connectivity index (χ1v) is 6.56. The lowest BCUT2D eigenvalue weighted by atomic mass is 10.1. The van der Waals surface area contributed by atoms with Crippen LogP contribution < -0.4 is 10.5 Å². The fourth-order valence-corrected chi connectivity index (χ4v) is 2.26. The Hall–Kier alpha value is -1.59. The molecule has 0 saturated carbocycles. The molecule has 0 aliphatic carbocycles. The van der Waals surface area contributed by atoms with E-state index in [9.17, 15) is 13.2 Å². The van der Waals surface area contributed by atoms with Gasteiger partial charge >= 0.3 is 6.18 Å². The predicted octanol–water partition coefficient (Wildman–Crippen LogP) is 5.17. The Morgan fingerprint density at radius 3 is 2.19 bits per heavy atom. The summed E-state index contributed by atoms with van der Waals surface area (Å²) in [4.78, 5) is 0. The number of rotatable bonds is 3. The zero-order valence-corrected chi connectivity index (χ0v) is 12.1. The zero-order valence-electron chi connectivity index (χ0n) is 10.5. The van der Waals surface area contributed by atoms with E-state index in [0.29, 0.717) is 10.0 Å². The first kappa shape index (κ1) is 15.8. The number of alkyl halides is 3. The van der Waals surface area contributed by atoms with E-state index in [0.717, 1.165) is 6.07 Å². The van der Waals surface area contributed by atoms with Crippen molar-refractivity contribution in [3.8, 4) is 5.75 Å². The molecule has 0 spiro atoms. The molecule has 0 heterocycles. The molecular weight excluding hydrogens is 326 g/mol. The normalized spacial score (nSPS) is 11.5. The molecule has 7 heteroatoms. The minimum atomic E-state index is -4.50. The van der Waals surface area contributed by atoms with Crippen molar-refractivity contribution < 1.29 is 17.9 Å². The lowest BCUT2D eigenvalue weighted by Crippen LogP contribution is -2.11. The molecule has 2 N–H and O–H groups in total. The molecule has 0 saturated heterocycles. The summed E-state index contributed by atoms with van der Waals surface area (Å²) in [6, 6.07) is 7.99. The van der Waals surface area contributed by atoms with Crippen molar-refractivity contribution in [1.29, 1.82) is 0 Å². The molecule has 0 unspecified atom stereocenters. The monoisotopic (exact) mass is 335 g/mol. The van der Waals surface area contributed by atoms with Gasteiger partial charge in [0, 0.05) is 21.3 Å². The lowest BCUT2D eigenvalue weighted by molar-refractivity contribution is -0.138.